The van der Waals surface area contributed by atoms with Crippen molar-refractivity contribution in [2.75, 3.05) is 4.90 Å². The van der Waals surface area contributed by atoms with Gasteiger partial charge in [-0.15, -0.1) is 0 Å². The lowest BCUT2D eigenvalue weighted by Crippen LogP contribution is -2.35. The predicted molar refractivity (Wildman–Crippen MR) is 72.8 cm³/mol. The largest absolute Gasteiger partial charge is 0.444 e. The highest BCUT2D eigenvalue weighted by molar-refractivity contribution is 9.10. The second kappa shape index (κ2) is 4.28. The average molecular weight is 306 g/mol. The summed E-state index contributed by atoms with van der Waals surface area (Å²) in [5.41, 5.74) is 2.20. The monoisotopic (exact) mass is 305 g/mol. The Balaban J connectivity index is 2.00. The van der Waals surface area contributed by atoms with Crippen molar-refractivity contribution in [1.29, 1.82) is 0 Å². The number of carbonyl (C=O) groups excluding carboxylic acids is 1. The lowest BCUT2D eigenvalue weighted by molar-refractivity contribution is 0.0953. The SMILES string of the molecule is C[C@@H]1Cc2ccccc2N1C(=O)c1ccc(Br)o1. The van der Waals surface area contributed by atoms with Crippen LogP contribution < -0.4 is 4.90 Å². The van der Waals surface area contributed by atoms with Gasteiger partial charge in [-0.25, -0.2) is 0 Å². The Kier molecular flexibility index (Phi) is 2.74. The third-order valence-corrected chi connectivity index (χ3v) is 3.64. The minimum atomic E-state index is -0.0850. The highest BCUT2D eigenvalue weighted by Gasteiger charge is 2.32. The first-order valence-corrected chi connectivity index (χ1v) is 6.63. The van der Waals surface area contributed by atoms with Crippen LogP contribution in [0.15, 0.2) is 45.5 Å². The van der Waals surface area contributed by atoms with Gasteiger partial charge < -0.3 is 9.32 Å². The molecule has 0 saturated heterocycles. The Hall–Kier alpha value is -1.55. The van der Waals surface area contributed by atoms with Gasteiger partial charge in [-0.1, -0.05) is 18.2 Å². The van der Waals surface area contributed by atoms with E-state index in [0.717, 1.165) is 12.1 Å². The first-order valence-electron chi connectivity index (χ1n) is 5.83. The summed E-state index contributed by atoms with van der Waals surface area (Å²) in [6.45, 7) is 2.05. The highest BCUT2D eigenvalue weighted by atomic mass is 79.9. The van der Waals surface area contributed by atoms with E-state index < -0.39 is 0 Å². The molecule has 1 aliphatic rings. The Bertz CT molecular complexity index is 605. The fraction of sp³-hybridized carbons (Fsp3) is 0.214. The maximum Gasteiger partial charge on any atom is 0.294 e. The minimum absolute atomic E-state index is 0.0850. The summed E-state index contributed by atoms with van der Waals surface area (Å²) >= 11 is 3.22. The van der Waals surface area contributed by atoms with E-state index in [9.17, 15) is 4.79 Å². The van der Waals surface area contributed by atoms with Crippen LogP contribution in [0.2, 0.25) is 0 Å². The van der Waals surface area contributed by atoms with Crippen LogP contribution in [0, 0.1) is 0 Å². The maximum atomic E-state index is 12.4. The summed E-state index contributed by atoms with van der Waals surface area (Å²) in [6, 6.07) is 11.6. The van der Waals surface area contributed by atoms with Gasteiger partial charge in [-0.3, -0.25) is 4.79 Å². The number of para-hydroxylation sites is 1. The Morgan fingerprint density at radius 3 is 2.83 bits per heavy atom. The fourth-order valence-electron chi connectivity index (χ4n) is 2.42. The van der Waals surface area contributed by atoms with Gasteiger partial charge in [-0.05, 0) is 53.0 Å². The summed E-state index contributed by atoms with van der Waals surface area (Å²) in [4.78, 5) is 14.3. The van der Waals surface area contributed by atoms with Crippen molar-refractivity contribution >= 4 is 27.5 Å². The Labute approximate surface area is 114 Å². The first-order chi connectivity index (χ1) is 8.66. The van der Waals surface area contributed by atoms with Crippen LogP contribution in [-0.2, 0) is 6.42 Å². The van der Waals surface area contributed by atoms with Gasteiger partial charge >= 0.3 is 0 Å². The number of rotatable bonds is 1. The first kappa shape index (κ1) is 11.5. The molecule has 0 N–H and O–H groups in total. The molecular formula is C14H12BrNO2. The van der Waals surface area contributed by atoms with Crippen molar-refractivity contribution in [3.8, 4) is 0 Å². The normalized spacial score (nSPS) is 17.9. The zero-order valence-electron chi connectivity index (χ0n) is 9.89. The van der Waals surface area contributed by atoms with E-state index in [2.05, 4.69) is 28.9 Å². The number of hydrogen-bond donors (Lipinski definition) is 0. The number of furan rings is 1. The van der Waals surface area contributed by atoms with Gasteiger partial charge in [0.1, 0.15) is 0 Å². The molecule has 0 spiro atoms. The molecule has 3 rings (SSSR count). The number of halogens is 1. The minimum Gasteiger partial charge on any atom is -0.444 e. The number of anilines is 1. The van der Waals surface area contributed by atoms with Gasteiger partial charge in [0.25, 0.3) is 5.91 Å². The zero-order valence-corrected chi connectivity index (χ0v) is 11.5. The molecule has 2 aromatic rings. The van der Waals surface area contributed by atoms with Crippen LogP contribution in [0.25, 0.3) is 0 Å². The average Bonchev–Trinajstić information content (AvgIpc) is 2.91. The van der Waals surface area contributed by atoms with E-state index >= 15 is 0 Å². The van der Waals surface area contributed by atoms with Gasteiger partial charge in [0.15, 0.2) is 10.4 Å². The van der Waals surface area contributed by atoms with E-state index in [1.165, 1.54) is 5.56 Å². The van der Waals surface area contributed by atoms with Crippen LogP contribution in [0.4, 0.5) is 5.69 Å². The van der Waals surface area contributed by atoms with Crippen molar-refractivity contribution in [2.24, 2.45) is 0 Å². The predicted octanol–water partition coefficient (Wildman–Crippen LogP) is 3.63. The van der Waals surface area contributed by atoms with Gasteiger partial charge in [0, 0.05) is 11.7 Å². The summed E-state index contributed by atoms with van der Waals surface area (Å²) in [5.74, 6) is 0.281. The number of nitrogens with zero attached hydrogens (tertiary/aromatic N) is 1. The van der Waals surface area contributed by atoms with Crippen molar-refractivity contribution in [3.63, 3.8) is 0 Å². The molecule has 18 heavy (non-hydrogen) atoms. The van der Waals surface area contributed by atoms with Crippen LogP contribution in [0.1, 0.15) is 23.0 Å². The molecule has 0 radical (unpaired) electrons. The molecule has 1 aliphatic heterocycles. The fourth-order valence-corrected chi connectivity index (χ4v) is 2.73. The molecule has 1 aromatic carbocycles. The Morgan fingerprint density at radius 1 is 1.33 bits per heavy atom. The van der Waals surface area contributed by atoms with Crippen molar-refractivity contribution < 1.29 is 9.21 Å². The van der Waals surface area contributed by atoms with Crippen LogP contribution >= 0.6 is 15.9 Å². The third-order valence-electron chi connectivity index (χ3n) is 3.21. The lowest BCUT2D eigenvalue weighted by Gasteiger charge is -2.21. The number of carbonyl (C=O) groups is 1. The summed E-state index contributed by atoms with van der Waals surface area (Å²) < 4.78 is 5.92. The standard InChI is InChI=1S/C14H12BrNO2/c1-9-8-10-4-2-3-5-11(10)16(9)14(17)12-6-7-13(15)18-12/h2-7,9H,8H2,1H3/t9-/m1/s1. The van der Waals surface area contributed by atoms with E-state index in [0.29, 0.717) is 10.4 Å². The molecule has 2 heterocycles. The van der Waals surface area contributed by atoms with Gasteiger partial charge in [0.05, 0.1) is 0 Å². The van der Waals surface area contributed by atoms with Crippen LogP contribution in [-0.4, -0.2) is 11.9 Å². The molecule has 4 heteroatoms. The molecule has 0 fully saturated rings. The van der Waals surface area contributed by atoms with Crippen molar-refractivity contribution in [2.45, 2.75) is 19.4 Å². The second-order valence-electron chi connectivity index (χ2n) is 4.46. The van der Waals surface area contributed by atoms with Crippen LogP contribution in [0.3, 0.4) is 0 Å². The van der Waals surface area contributed by atoms with E-state index in [1.807, 2.05) is 18.2 Å². The molecule has 92 valence electrons. The number of amides is 1. The molecule has 3 nitrogen and oxygen atoms in total. The summed E-state index contributed by atoms with van der Waals surface area (Å²) in [7, 11) is 0. The van der Waals surface area contributed by atoms with Gasteiger partial charge in [-0.2, -0.15) is 0 Å². The summed E-state index contributed by atoms with van der Waals surface area (Å²) in [6.07, 6.45) is 0.893. The quantitative estimate of drug-likeness (QED) is 0.806. The maximum absolute atomic E-state index is 12.4. The van der Waals surface area contributed by atoms with E-state index in [4.69, 9.17) is 4.42 Å². The number of benzene rings is 1. The molecule has 0 saturated carbocycles. The molecule has 1 amide bonds. The smallest absolute Gasteiger partial charge is 0.294 e. The Morgan fingerprint density at radius 2 is 2.11 bits per heavy atom. The van der Waals surface area contributed by atoms with Crippen molar-refractivity contribution in [1.82, 2.24) is 0 Å². The van der Waals surface area contributed by atoms with Crippen molar-refractivity contribution in [3.05, 3.63) is 52.4 Å². The molecule has 0 aliphatic carbocycles. The van der Waals surface area contributed by atoms with Crippen LogP contribution in [0.5, 0.6) is 0 Å². The summed E-state index contributed by atoms with van der Waals surface area (Å²) in [5, 5.41) is 0. The molecule has 1 aromatic heterocycles. The third kappa shape index (κ3) is 1.77. The zero-order chi connectivity index (χ0) is 12.7. The van der Waals surface area contributed by atoms with E-state index in [-0.39, 0.29) is 11.9 Å². The highest BCUT2D eigenvalue weighted by Crippen LogP contribution is 2.33. The molecule has 0 bridgehead atoms. The number of fused-ring (bicyclic) bond motifs is 1. The molecule has 0 unspecified atom stereocenters. The topological polar surface area (TPSA) is 33.5 Å². The van der Waals surface area contributed by atoms with E-state index in [1.54, 1.807) is 17.0 Å². The second-order valence-corrected chi connectivity index (χ2v) is 5.24. The van der Waals surface area contributed by atoms with Gasteiger partial charge in [0.2, 0.25) is 0 Å². The molecular weight excluding hydrogens is 294 g/mol. The lowest BCUT2D eigenvalue weighted by atomic mass is 10.1. The number of hydrogen-bond acceptors (Lipinski definition) is 2. The molecule has 1 atom stereocenters.